The SMILES string of the molecule is NC(=O)c1ccc([N+](=O)[O-])c(NCCCC2CC2)c1. The molecular formula is C13H17N3O3. The number of amides is 1. The highest BCUT2D eigenvalue weighted by atomic mass is 16.6. The highest BCUT2D eigenvalue weighted by Gasteiger charge is 2.20. The van der Waals surface area contributed by atoms with Gasteiger partial charge in [0.2, 0.25) is 5.91 Å². The van der Waals surface area contributed by atoms with Crippen LogP contribution >= 0.6 is 0 Å². The summed E-state index contributed by atoms with van der Waals surface area (Å²) in [6, 6.07) is 4.12. The second-order valence-electron chi connectivity index (χ2n) is 4.87. The van der Waals surface area contributed by atoms with Gasteiger partial charge in [0.15, 0.2) is 0 Å². The average Bonchev–Trinajstić information content (AvgIpc) is 3.18. The second-order valence-corrected chi connectivity index (χ2v) is 4.87. The Labute approximate surface area is 111 Å². The summed E-state index contributed by atoms with van der Waals surface area (Å²) in [7, 11) is 0. The lowest BCUT2D eigenvalue weighted by Crippen LogP contribution is -2.12. The molecule has 1 aromatic carbocycles. The topological polar surface area (TPSA) is 98.3 Å². The third-order valence-electron chi connectivity index (χ3n) is 3.28. The van der Waals surface area contributed by atoms with Crippen molar-refractivity contribution < 1.29 is 9.72 Å². The maximum Gasteiger partial charge on any atom is 0.292 e. The van der Waals surface area contributed by atoms with Gasteiger partial charge in [0, 0.05) is 18.2 Å². The molecule has 3 N–H and O–H groups in total. The monoisotopic (exact) mass is 263 g/mol. The molecule has 19 heavy (non-hydrogen) atoms. The van der Waals surface area contributed by atoms with Crippen LogP contribution in [0.1, 0.15) is 36.0 Å². The van der Waals surface area contributed by atoms with Crippen LogP contribution in [-0.2, 0) is 0 Å². The number of hydrogen-bond donors (Lipinski definition) is 2. The number of nitrogens with zero attached hydrogens (tertiary/aromatic N) is 1. The quantitative estimate of drug-likeness (QED) is 0.448. The molecule has 6 heteroatoms. The lowest BCUT2D eigenvalue weighted by atomic mass is 10.1. The summed E-state index contributed by atoms with van der Waals surface area (Å²) >= 11 is 0. The van der Waals surface area contributed by atoms with Crippen molar-refractivity contribution in [3.63, 3.8) is 0 Å². The van der Waals surface area contributed by atoms with Crippen LogP contribution < -0.4 is 11.1 Å². The first-order valence-corrected chi connectivity index (χ1v) is 6.40. The van der Waals surface area contributed by atoms with Gasteiger partial charge in [0.1, 0.15) is 5.69 Å². The number of carbonyl (C=O) groups is 1. The highest BCUT2D eigenvalue weighted by molar-refractivity contribution is 5.94. The molecule has 1 aromatic rings. The van der Waals surface area contributed by atoms with E-state index in [0.29, 0.717) is 12.2 Å². The van der Waals surface area contributed by atoms with E-state index in [1.54, 1.807) is 0 Å². The number of nitrogens with two attached hydrogens (primary N) is 1. The minimum absolute atomic E-state index is 0.0311. The molecule has 0 unspecified atom stereocenters. The number of nitro groups is 1. The summed E-state index contributed by atoms with van der Waals surface area (Å²) in [5.74, 6) is 0.254. The number of primary amides is 1. The first-order valence-electron chi connectivity index (χ1n) is 6.40. The summed E-state index contributed by atoms with van der Waals surface area (Å²) in [5, 5.41) is 13.9. The molecule has 1 aliphatic carbocycles. The Morgan fingerprint density at radius 2 is 2.21 bits per heavy atom. The summed E-state index contributed by atoms with van der Waals surface area (Å²) in [4.78, 5) is 21.5. The van der Waals surface area contributed by atoms with Gasteiger partial charge in [-0.15, -0.1) is 0 Å². The zero-order valence-electron chi connectivity index (χ0n) is 10.6. The maximum atomic E-state index is 11.1. The van der Waals surface area contributed by atoms with Crippen LogP contribution in [-0.4, -0.2) is 17.4 Å². The lowest BCUT2D eigenvalue weighted by Gasteiger charge is -2.08. The number of nitrogens with one attached hydrogen (secondary N) is 1. The predicted molar refractivity (Wildman–Crippen MR) is 72.1 cm³/mol. The molecule has 1 aliphatic rings. The zero-order chi connectivity index (χ0) is 13.8. The van der Waals surface area contributed by atoms with Gasteiger partial charge in [-0.25, -0.2) is 0 Å². The van der Waals surface area contributed by atoms with Crippen LogP contribution in [0.3, 0.4) is 0 Å². The molecule has 0 heterocycles. The van der Waals surface area contributed by atoms with Gasteiger partial charge in [0.25, 0.3) is 5.69 Å². The smallest absolute Gasteiger partial charge is 0.292 e. The van der Waals surface area contributed by atoms with Crippen molar-refractivity contribution in [2.45, 2.75) is 25.7 Å². The average molecular weight is 263 g/mol. The third-order valence-corrected chi connectivity index (χ3v) is 3.28. The molecule has 0 spiro atoms. The molecule has 2 rings (SSSR count). The van der Waals surface area contributed by atoms with E-state index >= 15 is 0 Å². The number of anilines is 1. The number of nitro benzene ring substituents is 1. The van der Waals surface area contributed by atoms with E-state index in [1.165, 1.54) is 31.0 Å². The third kappa shape index (κ3) is 3.67. The molecule has 1 fully saturated rings. The van der Waals surface area contributed by atoms with Crippen molar-refractivity contribution >= 4 is 17.3 Å². The van der Waals surface area contributed by atoms with Gasteiger partial charge in [0.05, 0.1) is 4.92 Å². The van der Waals surface area contributed by atoms with Crippen LogP contribution in [0.2, 0.25) is 0 Å². The van der Waals surface area contributed by atoms with Crippen LogP contribution in [0.15, 0.2) is 18.2 Å². The van der Waals surface area contributed by atoms with E-state index in [2.05, 4.69) is 5.32 Å². The van der Waals surface area contributed by atoms with Crippen molar-refractivity contribution in [1.29, 1.82) is 0 Å². The summed E-state index contributed by atoms with van der Waals surface area (Å²) in [5.41, 5.74) is 5.78. The normalized spacial score (nSPS) is 14.1. The van der Waals surface area contributed by atoms with Crippen molar-refractivity contribution in [3.05, 3.63) is 33.9 Å². The van der Waals surface area contributed by atoms with Gasteiger partial charge < -0.3 is 11.1 Å². The Balaban J connectivity index is 2.03. The molecule has 102 valence electrons. The van der Waals surface area contributed by atoms with Crippen molar-refractivity contribution in [2.24, 2.45) is 11.7 Å². The summed E-state index contributed by atoms with van der Waals surface area (Å²) in [6.45, 7) is 0.666. The largest absolute Gasteiger partial charge is 0.379 e. The van der Waals surface area contributed by atoms with Gasteiger partial charge in [-0.2, -0.15) is 0 Å². The molecule has 0 aromatic heterocycles. The second kappa shape index (κ2) is 5.69. The van der Waals surface area contributed by atoms with E-state index in [4.69, 9.17) is 5.73 Å². The van der Waals surface area contributed by atoms with E-state index in [1.807, 2.05) is 0 Å². The molecule has 0 aliphatic heterocycles. The van der Waals surface area contributed by atoms with Gasteiger partial charge in [-0.3, -0.25) is 14.9 Å². The first-order chi connectivity index (χ1) is 9.08. The molecular weight excluding hydrogens is 246 g/mol. The van der Waals surface area contributed by atoms with Crippen molar-refractivity contribution in [1.82, 2.24) is 0 Å². The van der Waals surface area contributed by atoms with Gasteiger partial charge in [-0.1, -0.05) is 12.8 Å². The Morgan fingerprint density at radius 1 is 1.47 bits per heavy atom. The van der Waals surface area contributed by atoms with E-state index in [-0.39, 0.29) is 11.3 Å². The number of carbonyl (C=O) groups excluding carboxylic acids is 1. The lowest BCUT2D eigenvalue weighted by molar-refractivity contribution is -0.384. The van der Waals surface area contributed by atoms with Crippen molar-refractivity contribution in [3.8, 4) is 0 Å². The number of rotatable bonds is 7. The molecule has 0 atom stereocenters. The number of benzene rings is 1. The molecule has 0 saturated heterocycles. The number of hydrogen-bond acceptors (Lipinski definition) is 4. The Morgan fingerprint density at radius 3 is 2.79 bits per heavy atom. The molecule has 0 bridgehead atoms. The molecule has 1 amide bonds. The maximum absolute atomic E-state index is 11.1. The van der Waals surface area contributed by atoms with Crippen LogP contribution in [0.5, 0.6) is 0 Å². The minimum atomic E-state index is -0.587. The van der Waals surface area contributed by atoms with Gasteiger partial charge in [-0.05, 0) is 30.9 Å². The Kier molecular flexibility index (Phi) is 3.99. The fourth-order valence-electron chi connectivity index (χ4n) is 2.01. The summed E-state index contributed by atoms with van der Waals surface area (Å²) < 4.78 is 0. The predicted octanol–water partition coefficient (Wildman–Crippen LogP) is 2.30. The van der Waals surface area contributed by atoms with Crippen LogP contribution in [0, 0.1) is 16.0 Å². The Hall–Kier alpha value is -2.11. The zero-order valence-corrected chi connectivity index (χ0v) is 10.6. The summed E-state index contributed by atoms with van der Waals surface area (Å²) in [6.07, 6.45) is 4.73. The van der Waals surface area contributed by atoms with Crippen LogP contribution in [0.25, 0.3) is 0 Å². The van der Waals surface area contributed by atoms with E-state index < -0.39 is 10.8 Å². The first kappa shape index (κ1) is 13.3. The van der Waals surface area contributed by atoms with Crippen LogP contribution in [0.4, 0.5) is 11.4 Å². The fraction of sp³-hybridized carbons (Fsp3) is 0.462. The molecule has 6 nitrogen and oxygen atoms in total. The van der Waals surface area contributed by atoms with Gasteiger partial charge >= 0.3 is 0 Å². The molecule has 0 radical (unpaired) electrons. The van der Waals surface area contributed by atoms with E-state index in [0.717, 1.165) is 18.8 Å². The van der Waals surface area contributed by atoms with E-state index in [9.17, 15) is 14.9 Å². The Bertz CT molecular complexity index is 498. The minimum Gasteiger partial charge on any atom is -0.379 e. The molecule has 1 saturated carbocycles. The fourth-order valence-corrected chi connectivity index (χ4v) is 2.01. The highest BCUT2D eigenvalue weighted by Crippen LogP contribution is 2.33. The standard InChI is InChI=1S/C13H17N3O3/c14-13(17)10-5-6-12(16(18)19)11(8-10)15-7-1-2-9-3-4-9/h5-6,8-9,15H,1-4,7H2,(H2,14,17). The van der Waals surface area contributed by atoms with Crippen molar-refractivity contribution in [2.75, 3.05) is 11.9 Å².